The molecule has 18 heavy (non-hydrogen) atoms. The van der Waals surface area contributed by atoms with Gasteiger partial charge in [0.25, 0.3) is 0 Å². The zero-order chi connectivity index (χ0) is 12.8. The van der Waals surface area contributed by atoms with Crippen LogP contribution in [-0.4, -0.2) is 6.54 Å². The lowest BCUT2D eigenvalue weighted by Crippen LogP contribution is -2.21. The highest BCUT2D eigenvalue weighted by molar-refractivity contribution is 5.23. The Kier molecular flexibility index (Phi) is 4.54. The summed E-state index contributed by atoms with van der Waals surface area (Å²) in [5.41, 5.74) is 4.06. The fourth-order valence-electron chi connectivity index (χ4n) is 2.05. The first kappa shape index (κ1) is 12.8. The SMILES string of the molecule is Cc1ccc([C@@H](C)NCCc2ccccc2)cc1. The molecule has 2 aromatic carbocycles. The molecular formula is C17H21N. The summed E-state index contributed by atoms with van der Waals surface area (Å²) >= 11 is 0. The number of rotatable bonds is 5. The van der Waals surface area contributed by atoms with Crippen LogP contribution in [0, 0.1) is 6.92 Å². The van der Waals surface area contributed by atoms with E-state index in [-0.39, 0.29) is 0 Å². The normalized spacial score (nSPS) is 12.3. The molecule has 0 radical (unpaired) electrons. The highest BCUT2D eigenvalue weighted by Gasteiger charge is 2.03. The van der Waals surface area contributed by atoms with Gasteiger partial charge >= 0.3 is 0 Å². The first-order valence-corrected chi connectivity index (χ1v) is 6.59. The summed E-state index contributed by atoms with van der Waals surface area (Å²) in [6.45, 7) is 5.35. The van der Waals surface area contributed by atoms with Crippen molar-refractivity contribution in [2.45, 2.75) is 26.3 Å². The molecule has 94 valence electrons. The molecule has 0 aromatic heterocycles. The molecule has 0 bridgehead atoms. The second kappa shape index (κ2) is 6.36. The van der Waals surface area contributed by atoms with E-state index >= 15 is 0 Å². The third-order valence-electron chi connectivity index (χ3n) is 3.28. The van der Waals surface area contributed by atoms with Gasteiger partial charge in [-0.2, -0.15) is 0 Å². The summed E-state index contributed by atoms with van der Waals surface area (Å²) in [5.74, 6) is 0. The van der Waals surface area contributed by atoms with Crippen LogP contribution in [-0.2, 0) is 6.42 Å². The molecule has 0 amide bonds. The molecule has 1 atom stereocenters. The Morgan fingerprint density at radius 3 is 2.28 bits per heavy atom. The Labute approximate surface area is 110 Å². The van der Waals surface area contributed by atoms with Crippen LogP contribution in [0.15, 0.2) is 54.6 Å². The monoisotopic (exact) mass is 239 g/mol. The highest BCUT2D eigenvalue weighted by atomic mass is 14.9. The number of benzene rings is 2. The summed E-state index contributed by atoms with van der Waals surface area (Å²) in [6.07, 6.45) is 1.08. The van der Waals surface area contributed by atoms with Gasteiger partial charge in [-0.15, -0.1) is 0 Å². The van der Waals surface area contributed by atoms with E-state index in [9.17, 15) is 0 Å². The van der Waals surface area contributed by atoms with Crippen molar-refractivity contribution in [1.82, 2.24) is 5.32 Å². The summed E-state index contributed by atoms with van der Waals surface area (Å²) in [6, 6.07) is 19.8. The maximum atomic E-state index is 3.57. The molecule has 0 aliphatic heterocycles. The quantitative estimate of drug-likeness (QED) is 0.834. The molecule has 1 heteroatoms. The van der Waals surface area contributed by atoms with Crippen LogP contribution >= 0.6 is 0 Å². The van der Waals surface area contributed by atoms with E-state index in [1.54, 1.807) is 0 Å². The Bertz CT molecular complexity index is 459. The Morgan fingerprint density at radius 1 is 0.944 bits per heavy atom. The number of hydrogen-bond donors (Lipinski definition) is 1. The van der Waals surface area contributed by atoms with E-state index < -0.39 is 0 Å². The van der Waals surface area contributed by atoms with Crippen molar-refractivity contribution in [3.8, 4) is 0 Å². The second-order valence-corrected chi connectivity index (χ2v) is 4.82. The molecule has 1 N–H and O–H groups in total. The van der Waals surface area contributed by atoms with Crippen LogP contribution in [0.5, 0.6) is 0 Å². The molecule has 0 unspecified atom stereocenters. The van der Waals surface area contributed by atoms with Gasteiger partial charge in [-0.3, -0.25) is 0 Å². The van der Waals surface area contributed by atoms with E-state index in [0.717, 1.165) is 13.0 Å². The zero-order valence-electron chi connectivity index (χ0n) is 11.2. The van der Waals surface area contributed by atoms with Gasteiger partial charge in [0.15, 0.2) is 0 Å². The first-order chi connectivity index (χ1) is 8.75. The van der Waals surface area contributed by atoms with E-state index in [2.05, 4.69) is 73.8 Å². The molecule has 0 heterocycles. The first-order valence-electron chi connectivity index (χ1n) is 6.59. The summed E-state index contributed by atoms with van der Waals surface area (Å²) in [4.78, 5) is 0. The van der Waals surface area contributed by atoms with Crippen molar-refractivity contribution in [3.05, 3.63) is 71.3 Å². The predicted molar refractivity (Wildman–Crippen MR) is 77.7 cm³/mol. The summed E-state index contributed by atoms with van der Waals surface area (Å²) in [7, 11) is 0. The largest absolute Gasteiger partial charge is 0.310 e. The summed E-state index contributed by atoms with van der Waals surface area (Å²) in [5, 5.41) is 3.57. The number of nitrogens with one attached hydrogen (secondary N) is 1. The molecular weight excluding hydrogens is 218 g/mol. The van der Waals surface area contributed by atoms with Crippen LogP contribution in [0.3, 0.4) is 0 Å². The smallest absolute Gasteiger partial charge is 0.0291 e. The zero-order valence-corrected chi connectivity index (χ0v) is 11.2. The van der Waals surface area contributed by atoms with Gasteiger partial charge in [0.2, 0.25) is 0 Å². The minimum Gasteiger partial charge on any atom is -0.310 e. The van der Waals surface area contributed by atoms with Crippen LogP contribution < -0.4 is 5.32 Å². The van der Waals surface area contributed by atoms with Crippen molar-refractivity contribution in [1.29, 1.82) is 0 Å². The lowest BCUT2D eigenvalue weighted by atomic mass is 10.1. The van der Waals surface area contributed by atoms with E-state index in [0.29, 0.717) is 6.04 Å². The molecule has 1 nitrogen and oxygen atoms in total. The molecule has 2 rings (SSSR count). The van der Waals surface area contributed by atoms with Gasteiger partial charge < -0.3 is 5.32 Å². The highest BCUT2D eigenvalue weighted by Crippen LogP contribution is 2.12. The standard InChI is InChI=1S/C17H21N/c1-14-8-10-17(11-9-14)15(2)18-13-12-16-6-4-3-5-7-16/h3-11,15,18H,12-13H2,1-2H3/t15-/m1/s1. The van der Waals surface area contributed by atoms with Gasteiger partial charge in [-0.1, -0.05) is 60.2 Å². The molecule has 0 saturated carbocycles. The molecule has 0 saturated heterocycles. The summed E-state index contributed by atoms with van der Waals surface area (Å²) < 4.78 is 0. The van der Waals surface area contributed by atoms with Gasteiger partial charge in [0.1, 0.15) is 0 Å². The number of hydrogen-bond acceptors (Lipinski definition) is 1. The Hall–Kier alpha value is -1.60. The molecule has 0 fully saturated rings. The maximum Gasteiger partial charge on any atom is 0.0291 e. The van der Waals surface area contributed by atoms with Crippen molar-refractivity contribution in [2.24, 2.45) is 0 Å². The van der Waals surface area contributed by atoms with E-state index in [1.807, 2.05) is 0 Å². The van der Waals surface area contributed by atoms with Crippen molar-refractivity contribution in [2.75, 3.05) is 6.54 Å². The molecule has 0 aliphatic carbocycles. The molecule has 0 aliphatic rings. The molecule has 0 spiro atoms. The van der Waals surface area contributed by atoms with E-state index in [4.69, 9.17) is 0 Å². The predicted octanol–water partition coefficient (Wildman–Crippen LogP) is 3.89. The van der Waals surface area contributed by atoms with Gasteiger partial charge in [0.05, 0.1) is 0 Å². The third-order valence-corrected chi connectivity index (χ3v) is 3.28. The lowest BCUT2D eigenvalue weighted by molar-refractivity contribution is 0.577. The fraction of sp³-hybridized carbons (Fsp3) is 0.294. The average Bonchev–Trinajstić information content (AvgIpc) is 2.40. The van der Waals surface area contributed by atoms with Crippen molar-refractivity contribution >= 4 is 0 Å². The van der Waals surface area contributed by atoms with Crippen molar-refractivity contribution < 1.29 is 0 Å². The minimum absolute atomic E-state index is 0.411. The second-order valence-electron chi connectivity index (χ2n) is 4.82. The van der Waals surface area contributed by atoms with Crippen LogP contribution in [0.25, 0.3) is 0 Å². The average molecular weight is 239 g/mol. The third kappa shape index (κ3) is 3.71. The number of aryl methyl sites for hydroxylation is 1. The topological polar surface area (TPSA) is 12.0 Å². The van der Waals surface area contributed by atoms with E-state index in [1.165, 1.54) is 16.7 Å². The Morgan fingerprint density at radius 2 is 1.61 bits per heavy atom. The van der Waals surface area contributed by atoms with Crippen LogP contribution in [0.2, 0.25) is 0 Å². The van der Waals surface area contributed by atoms with Crippen molar-refractivity contribution in [3.63, 3.8) is 0 Å². The van der Waals surface area contributed by atoms with Crippen LogP contribution in [0.1, 0.15) is 29.7 Å². The molecule has 2 aromatic rings. The minimum atomic E-state index is 0.411. The maximum absolute atomic E-state index is 3.57. The van der Waals surface area contributed by atoms with Gasteiger partial charge in [0, 0.05) is 6.04 Å². The van der Waals surface area contributed by atoms with Gasteiger partial charge in [-0.25, -0.2) is 0 Å². The Balaban J connectivity index is 1.81. The fourth-order valence-corrected chi connectivity index (χ4v) is 2.05. The van der Waals surface area contributed by atoms with Crippen LogP contribution in [0.4, 0.5) is 0 Å². The van der Waals surface area contributed by atoms with Gasteiger partial charge in [-0.05, 0) is 37.9 Å². The lowest BCUT2D eigenvalue weighted by Gasteiger charge is -2.14.